The van der Waals surface area contributed by atoms with Crippen molar-refractivity contribution in [1.29, 1.82) is 0 Å². The average molecular weight is 338 g/mol. The summed E-state index contributed by atoms with van der Waals surface area (Å²) < 4.78 is 5.48. The molecular formula is C20H22N2O3. The third-order valence-corrected chi connectivity index (χ3v) is 4.30. The second kappa shape index (κ2) is 6.69. The first kappa shape index (κ1) is 17.2. The largest absolute Gasteiger partial charge is 0.496 e. The van der Waals surface area contributed by atoms with Crippen LogP contribution in [0.2, 0.25) is 0 Å². The molecule has 0 N–H and O–H groups in total. The van der Waals surface area contributed by atoms with Crippen molar-refractivity contribution in [2.45, 2.75) is 32.5 Å². The summed E-state index contributed by atoms with van der Waals surface area (Å²) in [6, 6.07) is 17.6. The maximum Gasteiger partial charge on any atom is 0.322 e. The van der Waals surface area contributed by atoms with Crippen molar-refractivity contribution in [3.8, 4) is 5.75 Å². The van der Waals surface area contributed by atoms with E-state index in [0.717, 1.165) is 16.8 Å². The Balaban J connectivity index is 2.13. The molecule has 1 heterocycles. The second-order valence-electron chi connectivity index (χ2n) is 6.43. The van der Waals surface area contributed by atoms with Gasteiger partial charge in [-0.15, -0.1) is 0 Å². The van der Waals surface area contributed by atoms with Crippen LogP contribution < -0.4 is 4.74 Å². The standard InChI is InChI=1S/C20H22N2O3/c1-14(23)25-22-19(16-12-8-9-13-17(16)24-4)21-18(20(22,2)3)15-10-6-5-7-11-15/h5-13,19H,1-4H3. The highest BCUT2D eigenvalue weighted by molar-refractivity contribution is 6.08. The Morgan fingerprint density at radius 2 is 1.72 bits per heavy atom. The van der Waals surface area contributed by atoms with E-state index >= 15 is 0 Å². The Hall–Kier alpha value is -2.66. The SMILES string of the molecule is COc1ccccc1C1N=C(c2ccccc2)C(C)(C)N1OC(C)=O. The van der Waals surface area contributed by atoms with E-state index in [2.05, 4.69) is 0 Å². The van der Waals surface area contributed by atoms with Gasteiger partial charge in [-0.3, -0.25) is 9.79 Å². The Morgan fingerprint density at radius 3 is 2.36 bits per heavy atom. The zero-order valence-corrected chi connectivity index (χ0v) is 14.9. The minimum atomic E-state index is -0.585. The number of aliphatic imine (C=N–C) groups is 1. The van der Waals surface area contributed by atoms with Crippen LogP contribution in [-0.2, 0) is 9.63 Å². The van der Waals surface area contributed by atoms with Gasteiger partial charge in [0.2, 0.25) is 0 Å². The molecule has 0 saturated carbocycles. The van der Waals surface area contributed by atoms with Gasteiger partial charge in [0, 0.05) is 12.5 Å². The number of ether oxygens (including phenoxy) is 1. The van der Waals surface area contributed by atoms with Crippen molar-refractivity contribution < 1.29 is 14.4 Å². The zero-order chi connectivity index (χ0) is 18.0. The topological polar surface area (TPSA) is 51.1 Å². The fourth-order valence-electron chi connectivity index (χ4n) is 3.14. The number of carbonyl (C=O) groups excluding carboxylic acids is 1. The number of hydrogen-bond donors (Lipinski definition) is 0. The Kier molecular flexibility index (Phi) is 4.59. The molecule has 5 heteroatoms. The van der Waals surface area contributed by atoms with Crippen LogP contribution in [0.1, 0.15) is 38.1 Å². The first-order chi connectivity index (χ1) is 11.9. The molecule has 3 rings (SSSR count). The van der Waals surface area contributed by atoms with E-state index in [9.17, 15) is 4.79 Å². The summed E-state index contributed by atoms with van der Waals surface area (Å²) in [6.45, 7) is 5.39. The lowest BCUT2D eigenvalue weighted by Crippen LogP contribution is -2.47. The van der Waals surface area contributed by atoms with Crippen molar-refractivity contribution >= 4 is 11.7 Å². The molecule has 2 aromatic carbocycles. The monoisotopic (exact) mass is 338 g/mol. The Bertz CT molecular complexity index is 800. The van der Waals surface area contributed by atoms with Crippen LogP contribution in [-0.4, -0.2) is 29.4 Å². The fourth-order valence-corrected chi connectivity index (χ4v) is 3.14. The maximum atomic E-state index is 11.7. The third-order valence-electron chi connectivity index (χ3n) is 4.30. The first-order valence-electron chi connectivity index (χ1n) is 8.19. The van der Waals surface area contributed by atoms with E-state index in [1.807, 2.05) is 68.4 Å². The van der Waals surface area contributed by atoms with E-state index in [0.29, 0.717) is 5.75 Å². The molecule has 2 aromatic rings. The predicted octanol–water partition coefficient (Wildman–Crippen LogP) is 3.76. The highest BCUT2D eigenvalue weighted by Gasteiger charge is 2.47. The van der Waals surface area contributed by atoms with Crippen LogP contribution in [0.4, 0.5) is 0 Å². The summed E-state index contributed by atoms with van der Waals surface area (Å²) in [5, 5.41) is 1.65. The molecule has 1 atom stereocenters. The van der Waals surface area contributed by atoms with Crippen molar-refractivity contribution in [3.63, 3.8) is 0 Å². The van der Waals surface area contributed by atoms with E-state index < -0.39 is 11.7 Å². The van der Waals surface area contributed by atoms with Gasteiger partial charge in [-0.2, -0.15) is 0 Å². The number of hydrogen-bond acceptors (Lipinski definition) is 5. The number of methoxy groups -OCH3 is 1. The first-order valence-corrected chi connectivity index (χ1v) is 8.19. The molecule has 5 nitrogen and oxygen atoms in total. The molecular weight excluding hydrogens is 316 g/mol. The van der Waals surface area contributed by atoms with E-state index in [4.69, 9.17) is 14.6 Å². The van der Waals surface area contributed by atoms with E-state index in [-0.39, 0.29) is 5.97 Å². The van der Waals surface area contributed by atoms with Gasteiger partial charge >= 0.3 is 5.97 Å². The number of benzene rings is 2. The minimum Gasteiger partial charge on any atom is -0.496 e. The van der Waals surface area contributed by atoms with Crippen molar-refractivity contribution in [2.24, 2.45) is 4.99 Å². The lowest BCUT2D eigenvalue weighted by Gasteiger charge is -2.33. The van der Waals surface area contributed by atoms with Gasteiger partial charge in [0.15, 0.2) is 6.17 Å². The smallest absolute Gasteiger partial charge is 0.322 e. The van der Waals surface area contributed by atoms with Crippen LogP contribution in [0.15, 0.2) is 59.6 Å². The number of para-hydroxylation sites is 1. The molecule has 1 aliphatic heterocycles. The molecule has 0 saturated heterocycles. The molecule has 0 aromatic heterocycles. The summed E-state index contributed by atoms with van der Waals surface area (Å²) in [5.74, 6) is 0.330. The van der Waals surface area contributed by atoms with Crippen molar-refractivity contribution in [2.75, 3.05) is 7.11 Å². The lowest BCUT2D eigenvalue weighted by molar-refractivity contribution is -0.214. The number of rotatable bonds is 4. The molecule has 1 unspecified atom stereocenters. The third kappa shape index (κ3) is 3.15. The van der Waals surface area contributed by atoms with Crippen LogP contribution >= 0.6 is 0 Å². The van der Waals surface area contributed by atoms with Gasteiger partial charge in [-0.05, 0) is 25.5 Å². The highest BCUT2D eigenvalue weighted by Crippen LogP contribution is 2.42. The fraction of sp³-hybridized carbons (Fsp3) is 0.300. The second-order valence-corrected chi connectivity index (χ2v) is 6.43. The van der Waals surface area contributed by atoms with Crippen LogP contribution in [0.25, 0.3) is 0 Å². The number of carbonyl (C=O) groups is 1. The van der Waals surface area contributed by atoms with Gasteiger partial charge in [0.25, 0.3) is 0 Å². The Morgan fingerprint density at radius 1 is 1.08 bits per heavy atom. The van der Waals surface area contributed by atoms with Crippen LogP contribution in [0.3, 0.4) is 0 Å². The van der Waals surface area contributed by atoms with Gasteiger partial charge in [0.1, 0.15) is 5.75 Å². The summed E-state index contributed by atoms with van der Waals surface area (Å²) in [6.07, 6.45) is -0.467. The summed E-state index contributed by atoms with van der Waals surface area (Å²) >= 11 is 0. The molecule has 130 valence electrons. The molecule has 0 bridgehead atoms. The molecule has 25 heavy (non-hydrogen) atoms. The minimum absolute atomic E-state index is 0.377. The van der Waals surface area contributed by atoms with Crippen molar-refractivity contribution in [3.05, 3.63) is 65.7 Å². The van der Waals surface area contributed by atoms with Crippen LogP contribution in [0, 0.1) is 0 Å². The van der Waals surface area contributed by atoms with Gasteiger partial charge in [-0.25, -0.2) is 0 Å². The highest BCUT2D eigenvalue weighted by atomic mass is 16.7. The molecule has 0 spiro atoms. The zero-order valence-electron chi connectivity index (χ0n) is 14.9. The molecule has 0 aliphatic carbocycles. The molecule has 0 amide bonds. The molecule has 0 fully saturated rings. The maximum absolute atomic E-state index is 11.7. The van der Waals surface area contributed by atoms with Crippen LogP contribution in [0.5, 0.6) is 5.75 Å². The average Bonchev–Trinajstić information content (AvgIpc) is 2.86. The van der Waals surface area contributed by atoms with Gasteiger partial charge < -0.3 is 9.57 Å². The lowest BCUT2D eigenvalue weighted by atomic mass is 9.93. The van der Waals surface area contributed by atoms with Crippen molar-refractivity contribution in [1.82, 2.24) is 5.06 Å². The molecule has 1 aliphatic rings. The quantitative estimate of drug-likeness (QED) is 0.852. The van der Waals surface area contributed by atoms with E-state index in [1.54, 1.807) is 12.2 Å². The molecule has 0 radical (unpaired) electrons. The number of hydroxylamine groups is 2. The predicted molar refractivity (Wildman–Crippen MR) is 96.4 cm³/mol. The number of nitrogens with zero attached hydrogens (tertiary/aromatic N) is 2. The summed E-state index contributed by atoms with van der Waals surface area (Å²) in [4.78, 5) is 22.2. The van der Waals surface area contributed by atoms with Gasteiger partial charge in [-0.1, -0.05) is 53.6 Å². The normalized spacial score (nSPS) is 19.4. The summed E-state index contributed by atoms with van der Waals surface area (Å²) in [7, 11) is 1.62. The van der Waals surface area contributed by atoms with E-state index in [1.165, 1.54) is 6.92 Å². The Labute approximate surface area is 147 Å². The summed E-state index contributed by atoms with van der Waals surface area (Å²) in [5.41, 5.74) is 2.14. The van der Waals surface area contributed by atoms with Gasteiger partial charge in [0.05, 0.1) is 18.4 Å².